The Labute approximate surface area is 101 Å². The van der Waals surface area contributed by atoms with Crippen molar-refractivity contribution in [1.82, 2.24) is 0 Å². The summed E-state index contributed by atoms with van der Waals surface area (Å²) in [6.07, 6.45) is 3.16. The van der Waals surface area contributed by atoms with E-state index < -0.39 is 0 Å². The summed E-state index contributed by atoms with van der Waals surface area (Å²) in [6.45, 7) is 0. The Hall–Kier alpha value is -1.82. The maximum atomic E-state index is 11.9. The summed E-state index contributed by atoms with van der Waals surface area (Å²) in [5.74, 6) is 0.517. The number of hydrogen-bond acceptors (Lipinski definition) is 3. The second kappa shape index (κ2) is 5.49. The van der Waals surface area contributed by atoms with Crippen LogP contribution in [0.5, 0.6) is 5.75 Å². The van der Waals surface area contributed by atoms with E-state index in [1.54, 1.807) is 12.1 Å². The van der Waals surface area contributed by atoms with Crippen LogP contribution in [-0.4, -0.2) is 5.97 Å². The predicted octanol–water partition coefficient (Wildman–Crippen LogP) is 2.92. The summed E-state index contributed by atoms with van der Waals surface area (Å²) >= 11 is 0. The minimum atomic E-state index is -0.160. The molecule has 0 amide bonds. The van der Waals surface area contributed by atoms with Gasteiger partial charge in [0.15, 0.2) is 0 Å². The minimum absolute atomic E-state index is 0.0418. The highest BCUT2D eigenvalue weighted by molar-refractivity contribution is 5.75. The van der Waals surface area contributed by atoms with E-state index in [2.05, 4.69) is 6.07 Å². The Morgan fingerprint density at radius 3 is 2.41 bits per heavy atom. The highest BCUT2D eigenvalue weighted by Gasteiger charge is 2.27. The molecule has 0 saturated heterocycles. The zero-order valence-electron chi connectivity index (χ0n) is 9.63. The van der Waals surface area contributed by atoms with Crippen molar-refractivity contribution in [3.05, 3.63) is 30.3 Å². The molecule has 0 spiro atoms. The number of carbonyl (C=O) groups is 1. The molecular formula is C14H15NO2. The van der Waals surface area contributed by atoms with Crippen molar-refractivity contribution in [1.29, 1.82) is 5.26 Å². The highest BCUT2D eigenvalue weighted by Crippen LogP contribution is 2.29. The molecule has 1 fully saturated rings. The Morgan fingerprint density at radius 2 is 1.82 bits per heavy atom. The molecule has 1 aromatic rings. The first kappa shape index (κ1) is 11.7. The topological polar surface area (TPSA) is 50.1 Å². The first-order valence-corrected chi connectivity index (χ1v) is 5.96. The molecule has 0 aliphatic heterocycles. The number of ether oxygens (including phenoxy) is 1. The van der Waals surface area contributed by atoms with Gasteiger partial charge in [0.25, 0.3) is 0 Å². The summed E-state index contributed by atoms with van der Waals surface area (Å²) < 4.78 is 5.30. The van der Waals surface area contributed by atoms with Gasteiger partial charge in [-0.05, 0) is 37.8 Å². The average Bonchev–Trinajstić information content (AvgIpc) is 2.40. The first-order chi connectivity index (χ1) is 8.29. The Bertz CT molecular complexity index is 414. The van der Waals surface area contributed by atoms with Crippen LogP contribution >= 0.6 is 0 Å². The van der Waals surface area contributed by atoms with Crippen molar-refractivity contribution in [2.24, 2.45) is 11.8 Å². The summed E-state index contributed by atoms with van der Waals surface area (Å²) in [4.78, 5) is 11.9. The minimum Gasteiger partial charge on any atom is -0.426 e. The number of benzene rings is 1. The first-order valence-electron chi connectivity index (χ1n) is 5.96. The fourth-order valence-electron chi connectivity index (χ4n) is 2.15. The van der Waals surface area contributed by atoms with E-state index in [0.29, 0.717) is 5.75 Å². The Kier molecular flexibility index (Phi) is 3.77. The molecule has 0 atom stereocenters. The third-order valence-corrected chi connectivity index (χ3v) is 3.20. The average molecular weight is 229 g/mol. The van der Waals surface area contributed by atoms with Gasteiger partial charge in [-0.2, -0.15) is 5.26 Å². The smallest absolute Gasteiger partial charge is 0.314 e. The van der Waals surface area contributed by atoms with Gasteiger partial charge in [0.1, 0.15) is 5.75 Å². The fraction of sp³-hybridized carbons (Fsp3) is 0.429. The van der Waals surface area contributed by atoms with Gasteiger partial charge in [0.05, 0.1) is 12.0 Å². The third-order valence-electron chi connectivity index (χ3n) is 3.20. The van der Waals surface area contributed by atoms with Crippen LogP contribution in [0.2, 0.25) is 0 Å². The highest BCUT2D eigenvalue weighted by atomic mass is 16.5. The van der Waals surface area contributed by atoms with Crippen LogP contribution in [0.15, 0.2) is 30.3 Å². The van der Waals surface area contributed by atoms with Crippen molar-refractivity contribution in [3.8, 4) is 11.8 Å². The lowest BCUT2D eigenvalue weighted by Crippen LogP contribution is -2.25. The molecule has 2 rings (SSSR count). The third kappa shape index (κ3) is 3.07. The molecule has 0 aromatic heterocycles. The van der Waals surface area contributed by atoms with Gasteiger partial charge in [-0.3, -0.25) is 4.79 Å². The van der Waals surface area contributed by atoms with Gasteiger partial charge in [-0.25, -0.2) is 0 Å². The summed E-state index contributed by atoms with van der Waals surface area (Å²) in [7, 11) is 0. The fourth-order valence-corrected chi connectivity index (χ4v) is 2.15. The summed E-state index contributed by atoms with van der Waals surface area (Å²) in [5.41, 5.74) is 0. The number of para-hydroxylation sites is 1. The summed E-state index contributed by atoms with van der Waals surface area (Å²) in [6, 6.07) is 11.4. The molecule has 0 heterocycles. The van der Waals surface area contributed by atoms with E-state index >= 15 is 0 Å². The number of nitrogens with zero attached hydrogens (tertiary/aromatic N) is 1. The summed E-state index contributed by atoms with van der Waals surface area (Å²) in [5, 5.41) is 8.78. The van der Waals surface area contributed by atoms with E-state index in [0.717, 1.165) is 25.7 Å². The van der Waals surface area contributed by atoms with E-state index in [4.69, 9.17) is 10.00 Å². The molecule has 3 nitrogen and oxygen atoms in total. The van der Waals surface area contributed by atoms with Crippen LogP contribution in [0.4, 0.5) is 0 Å². The molecule has 3 heteroatoms. The van der Waals surface area contributed by atoms with Crippen LogP contribution in [0.25, 0.3) is 0 Å². The van der Waals surface area contributed by atoms with Crippen LogP contribution in [0, 0.1) is 23.2 Å². The zero-order valence-corrected chi connectivity index (χ0v) is 9.63. The number of hydrogen-bond donors (Lipinski definition) is 0. The van der Waals surface area contributed by atoms with Gasteiger partial charge < -0.3 is 4.74 Å². The maximum absolute atomic E-state index is 11.9. The van der Waals surface area contributed by atoms with Gasteiger partial charge in [-0.15, -0.1) is 0 Å². The predicted molar refractivity (Wildman–Crippen MR) is 63.1 cm³/mol. The van der Waals surface area contributed by atoms with Crippen LogP contribution in [-0.2, 0) is 4.79 Å². The van der Waals surface area contributed by atoms with Crippen molar-refractivity contribution in [2.75, 3.05) is 0 Å². The molecule has 1 aliphatic rings. The molecule has 1 aliphatic carbocycles. The van der Waals surface area contributed by atoms with Crippen LogP contribution in [0.1, 0.15) is 25.7 Å². The van der Waals surface area contributed by atoms with E-state index in [1.807, 2.05) is 18.2 Å². The quantitative estimate of drug-likeness (QED) is 0.578. The largest absolute Gasteiger partial charge is 0.426 e. The van der Waals surface area contributed by atoms with Gasteiger partial charge >= 0.3 is 5.97 Å². The van der Waals surface area contributed by atoms with Crippen LogP contribution < -0.4 is 4.74 Å². The number of carbonyl (C=O) groups excluding carboxylic acids is 1. The molecule has 0 unspecified atom stereocenters. The molecule has 1 saturated carbocycles. The molecule has 17 heavy (non-hydrogen) atoms. The second-order valence-corrected chi connectivity index (χ2v) is 4.41. The lowest BCUT2D eigenvalue weighted by atomic mass is 9.83. The van der Waals surface area contributed by atoms with E-state index in [9.17, 15) is 4.79 Å². The maximum Gasteiger partial charge on any atom is 0.314 e. The lowest BCUT2D eigenvalue weighted by Gasteiger charge is -2.22. The van der Waals surface area contributed by atoms with Gasteiger partial charge in [0, 0.05) is 5.92 Å². The second-order valence-electron chi connectivity index (χ2n) is 4.41. The van der Waals surface area contributed by atoms with Crippen molar-refractivity contribution >= 4 is 5.97 Å². The van der Waals surface area contributed by atoms with E-state index in [1.165, 1.54) is 0 Å². The lowest BCUT2D eigenvalue weighted by molar-refractivity contribution is -0.140. The molecule has 1 aromatic carbocycles. The van der Waals surface area contributed by atoms with Crippen LogP contribution in [0.3, 0.4) is 0 Å². The molecule has 0 bridgehead atoms. The van der Waals surface area contributed by atoms with Gasteiger partial charge in [0.2, 0.25) is 0 Å². The number of rotatable bonds is 2. The molecule has 88 valence electrons. The molecule has 0 N–H and O–H groups in total. The Morgan fingerprint density at radius 1 is 1.18 bits per heavy atom. The Balaban J connectivity index is 1.88. The van der Waals surface area contributed by atoms with Crippen molar-refractivity contribution in [3.63, 3.8) is 0 Å². The molecular weight excluding hydrogens is 214 g/mol. The number of nitriles is 1. The van der Waals surface area contributed by atoms with Crippen molar-refractivity contribution in [2.45, 2.75) is 25.7 Å². The zero-order chi connectivity index (χ0) is 12.1. The molecule has 0 radical (unpaired) electrons. The van der Waals surface area contributed by atoms with Gasteiger partial charge in [-0.1, -0.05) is 18.2 Å². The van der Waals surface area contributed by atoms with Crippen molar-refractivity contribution < 1.29 is 9.53 Å². The monoisotopic (exact) mass is 229 g/mol. The SMILES string of the molecule is N#CC1CCC(C(=O)Oc2ccccc2)CC1. The number of esters is 1. The normalized spacial score (nSPS) is 23.7. The standard InChI is InChI=1S/C14H15NO2/c15-10-11-6-8-12(9-7-11)14(16)17-13-4-2-1-3-5-13/h1-5,11-12H,6-9H2. The van der Waals surface area contributed by atoms with E-state index in [-0.39, 0.29) is 17.8 Å².